The molecule has 2 rings (SSSR count). The van der Waals surface area contributed by atoms with Gasteiger partial charge in [0.1, 0.15) is 6.61 Å². The molecule has 0 atom stereocenters. The van der Waals surface area contributed by atoms with E-state index in [4.69, 9.17) is 4.74 Å². The van der Waals surface area contributed by atoms with E-state index in [9.17, 15) is 17.6 Å². The van der Waals surface area contributed by atoms with Gasteiger partial charge >= 0.3 is 0 Å². The van der Waals surface area contributed by atoms with Gasteiger partial charge in [0.25, 0.3) is 5.91 Å². The molecule has 1 N–H and O–H groups in total. The second kappa shape index (κ2) is 8.70. The molecule has 0 radical (unpaired) electrons. The Hall–Kier alpha value is -2.45. The third-order valence-electron chi connectivity index (χ3n) is 3.70. The largest absolute Gasteiger partial charge is 0.489 e. The number of halogens is 1. The number of carbonyl (C=O) groups excluding carboxylic acids is 1. The Bertz CT molecular complexity index is 939. The number of rotatable bonds is 7. The normalized spacial score (nSPS) is 11.9. The number of carbonyl (C=O) groups is 1. The van der Waals surface area contributed by atoms with Crippen LogP contribution in [0, 0.1) is 5.82 Å². The molecular formula is C20H25FN2O4S. The van der Waals surface area contributed by atoms with Gasteiger partial charge in [0.2, 0.25) is 10.0 Å². The monoisotopic (exact) mass is 408 g/mol. The first kappa shape index (κ1) is 21.8. The molecule has 0 aromatic heterocycles. The highest BCUT2D eigenvalue weighted by Gasteiger charge is 2.23. The summed E-state index contributed by atoms with van der Waals surface area (Å²) in [5.41, 5.74) is -0.398. The highest BCUT2D eigenvalue weighted by molar-refractivity contribution is 7.89. The van der Waals surface area contributed by atoms with Crippen molar-refractivity contribution in [1.29, 1.82) is 0 Å². The molecule has 0 saturated carbocycles. The average Bonchev–Trinajstić information content (AvgIpc) is 2.60. The number of hydrogen-bond acceptors (Lipinski definition) is 4. The van der Waals surface area contributed by atoms with Gasteiger partial charge < -0.3 is 9.64 Å². The number of benzene rings is 2. The Morgan fingerprint density at radius 3 is 2.46 bits per heavy atom. The summed E-state index contributed by atoms with van der Waals surface area (Å²) in [6.07, 6.45) is 0. The maximum atomic E-state index is 13.5. The first-order valence-electron chi connectivity index (χ1n) is 8.76. The Labute approximate surface area is 165 Å². The van der Waals surface area contributed by atoms with Crippen LogP contribution in [-0.4, -0.2) is 45.0 Å². The minimum absolute atomic E-state index is 0.0179. The quantitative estimate of drug-likeness (QED) is 0.764. The van der Waals surface area contributed by atoms with Crippen molar-refractivity contribution >= 4 is 15.9 Å². The minimum Gasteiger partial charge on any atom is -0.489 e. The average molecular weight is 408 g/mol. The number of sulfonamides is 1. The van der Waals surface area contributed by atoms with E-state index in [1.54, 1.807) is 46.0 Å². The van der Waals surface area contributed by atoms with Crippen LogP contribution in [0.5, 0.6) is 5.75 Å². The van der Waals surface area contributed by atoms with E-state index >= 15 is 0 Å². The molecule has 0 saturated heterocycles. The SMILES string of the molecule is CN(CCOc1ccccc1F)C(=O)c1cccc(S(=O)(=O)NC(C)(C)C)c1. The van der Waals surface area contributed by atoms with Gasteiger partial charge in [-0.2, -0.15) is 0 Å². The number of amides is 1. The fourth-order valence-corrected chi connectivity index (χ4v) is 3.90. The second-order valence-electron chi connectivity index (χ2n) is 7.39. The van der Waals surface area contributed by atoms with E-state index in [1.807, 2.05) is 0 Å². The highest BCUT2D eigenvalue weighted by Crippen LogP contribution is 2.17. The van der Waals surface area contributed by atoms with Crippen LogP contribution in [0.3, 0.4) is 0 Å². The summed E-state index contributed by atoms with van der Waals surface area (Å²) in [7, 11) is -2.17. The molecule has 2 aromatic carbocycles. The fraction of sp³-hybridized carbons (Fsp3) is 0.350. The van der Waals surface area contributed by atoms with E-state index in [0.29, 0.717) is 0 Å². The van der Waals surface area contributed by atoms with Crippen molar-refractivity contribution in [3.63, 3.8) is 0 Å². The van der Waals surface area contributed by atoms with Gasteiger partial charge in [-0.05, 0) is 51.1 Å². The van der Waals surface area contributed by atoms with E-state index in [1.165, 1.54) is 35.2 Å². The summed E-state index contributed by atoms with van der Waals surface area (Å²) in [5.74, 6) is -0.713. The molecule has 1 amide bonds. The number of ether oxygens (including phenoxy) is 1. The summed E-state index contributed by atoms with van der Waals surface area (Å²) in [5, 5.41) is 0. The zero-order valence-corrected chi connectivity index (χ0v) is 17.2. The lowest BCUT2D eigenvalue weighted by atomic mass is 10.1. The van der Waals surface area contributed by atoms with Crippen molar-refractivity contribution in [2.75, 3.05) is 20.2 Å². The van der Waals surface area contributed by atoms with E-state index in [-0.39, 0.29) is 35.3 Å². The topological polar surface area (TPSA) is 75.7 Å². The lowest BCUT2D eigenvalue weighted by Gasteiger charge is -2.21. The number of nitrogens with zero attached hydrogens (tertiary/aromatic N) is 1. The molecule has 0 spiro atoms. The lowest BCUT2D eigenvalue weighted by molar-refractivity contribution is 0.0772. The smallest absolute Gasteiger partial charge is 0.253 e. The van der Waals surface area contributed by atoms with Crippen LogP contribution in [0.25, 0.3) is 0 Å². The number of para-hydroxylation sites is 1. The van der Waals surface area contributed by atoms with Gasteiger partial charge in [-0.1, -0.05) is 18.2 Å². The van der Waals surface area contributed by atoms with Gasteiger partial charge in [-0.25, -0.2) is 17.5 Å². The first-order valence-corrected chi connectivity index (χ1v) is 10.2. The standard InChI is InChI=1S/C20H25FN2O4S/c1-20(2,3)22-28(25,26)16-9-7-8-15(14-16)19(24)23(4)12-13-27-18-11-6-5-10-17(18)21/h5-11,14,22H,12-13H2,1-4H3. The fourth-order valence-electron chi connectivity index (χ4n) is 2.43. The van der Waals surface area contributed by atoms with Gasteiger partial charge in [0.05, 0.1) is 11.4 Å². The summed E-state index contributed by atoms with van der Waals surface area (Å²) in [6, 6.07) is 11.9. The molecule has 28 heavy (non-hydrogen) atoms. The molecule has 152 valence electrons. The molecule has 0 aliphatic rings. The highest BCUT2D eigenvalue weighted by atomic mass is 32.2. The maximum Gasteiger partial charge on any atom is 0.253 e. The molecule has 0 bridgehead atoms. The van der Waals surface area contributed by atoms with Crippen LogP contribution in [0.15, 0.2) is 53.4 Å². The Balaban J connectivity index is 2.04. The summed E-state index contributed by atoms with van der Waals surface area (Å²) in [4.78, 5) is 14.0. The molecule has 8 heteroatoms. The number of hydrogen-bond donors (Lipinski definition) is 1. The van der Waals surface area contributed by atoms with Crippen LogP contribution < -0.4 is 9.46 Å². The van der Waals surface area contributed by atoms with Gasteiger partial charge in [0.15, 0.2) is 11.6 Å². The zero-order valence-electron chi connectivity index (χ0n) is 16.4. The Kier molecular flexibility index (Phi) is 6.79. The minimum atomic E-state index is -3.74. The molecule has 6 nitrogen and oxygen atoms in total. The summed E-state index contributed by atoms with van der Waals surface area (Å²) in [6.45, 7) is 5.53. The zero-order chi connectivity index (χ0) is 20.9. The van der Waals surface area contributed by atoms with Gasteiger partial charge in [-0.15, -0.1) is 0 Å². The Morgan fingerprint density at radius 1 is 1.14 bits per heavy atom. The van der Waals surface area contributed by atoms with Crippen LogP contribution >= 0.6 is 0 Å². The maximum absolute atomic E-state index is 13.5. The second-order valence-corrected chi connectivity index (χ2v) is 9.07. The molecule has 2 aromatic rings. The predicted octanol–water partition coefficient (Wildman–Crippen LogP) is 3.05. The third kappa shape index (κ3) is 6.03. The van der Waals surface area contributed by atoms with E-state index in [0.717, 1.165) is 0 Å². The first-order chi connectivity index (χ1) is 13.0. The molecule has 0 fully saturated rings. The van der Waals surface area contributed by atoms with Gasteiger partial charge in [-0.3, -0.25) is 4.79 Å². The van der Waals surface area contributed by atoms with Crippen molar-refractivity contribution in [1.82, 2.24) is 9.62 Å². The van der Waals surface area contributed by atoms with Crippen molar-refractivity contribution < 1.29 is 22.3 Å². The van der Waals surface area contributed by atoms with Crippen molar-refractivity contribution in [3.8, 4) is 5.75 Å². The van der Waals surface area contributed by atoms with Crippen molar-refractivity contribution in [3.05, 3.63) is 59.9 Å². The molecule has 0 aliphatic carbocycles. The molecular weight excluding hydrogens is 383 g/mol. The van der Waals surface area contributed by atoms with Crippen LogP contribution in [0.4, 0.5) is 4.39 Å². The van der Waals surface area contributed by atoms with Crippen molar-refractivity contribution in [2.45, 2.75) is 31.2 Å². The lowest BCUT2D eigenvalue weighted by Crippen LogP contribution is -2.40. The molecule has 0 aliphatic heterocycles. The van der Waals surface area contributed by atoms with Crippen molar-refractivity contribution in [2.24, 2.45) is 0 Å². The van der Waals surface area contributed by atoms with Gasteiger partial charge in [0, 0.05) is 18.2 Å². The number of nitrogens with one attached hydrogen (secondary N) is 1. The summed E-state index contributed by atoms with van der Waals surface area (Å²) >= 11 is 0. The third-order valence-corrected chi connectivity index (χ3v) is 5.46. The molecule has 0 heterocycles. The van der Waals surface area contributed by atoms with Crippen LogP contribution in [-0.2, 0) is 10.0 Å². The Morgan fingerprint density at radius 2 is 1.82 bits per heavy atom. The van der Waals surface area contributed by atoms with Crippen LogP contribution in [0.2, 0.25) is 0 Å². The predicted molar refractivity (Wildman–Crippen MR) is 105 cm³/mol. The summed E-state index contributed by atoms with van der Waals surface area (Å²) < 4.78 is 46.4. The van der Waals surface area contributed by atoms with Crippen LogP contribution in [0.1, 0.15) is 31.1 Å². The van der Waals surface area contributed by atoms with E-state index < -0.39 is 21.4 Å². The molecule has 0 unspecified atom stereocenters. The number of likely N-dealkylation sites (N-methyl/N-ethyl adjacent to an activating group) is 1. The van der Waals surface area contributed by atoms with E-state index in [2.05, 4.69) is 4.72 Å².